The molecule has 2 amide bonds. The number of hydrogen-bond donors (Lipinski definition) is 1. The molecule has 0 heterocycles. The Bertz CT molecular complexity index is 907. The minimum atomic E-state index is -0.568. The maximum atomic E-state index is 12.1. The summed E-state index contributed by atoms with van der Waals surface area (Å²) >= 11 is 0. The van der Waals surface area contributed by atoms with E-state index in [1.165, 1.54) is 29.2 Å². The van der Waals surface area contributed by atoms with E-state index in [9.17, 15) is 19.7 Å². The highest BCUT2D eigenvalue weighted by atomic mass is 16.6. The fourth-order valence-electron chi connectivity index (χ4n) is 2.09. The Labute approximate surface area is 161 Å². The quantitative estimate of drug-likeness (QED) is 0.447. The molecule has 0 radical (unpaired) electrons. The van der Waals surface area contributed by atoms with Gasteiger partial charge in [-0.05, 0) is 42.8 Å². The number of nitro groups is 1. The molecular weight excluding hydrogens is 364 g/mol. The van der Waals surface area contributed by atoms with Crippen LogP contribution < -0.4 is 10.2 Å². The molecule has 0 aliphatic carbocycles. The van der Waals surface area contributed by atoms with E-state index in [1.807, 2.05) is 0 Å². The van der Waals surface area contributed by atoms with Crippen molar-refractivity contribution in [1.29, 1.82) is 0 Å². The van der Waals surface area contributed by atoms with E-state index >= 15 is 0 Å². The molecule has 28 heavy (non-hydrogen) atoms. The van der Waals surface area contributed by atoms with Crippen molar-refractivity contribution in [3.05, 3.63) is 69.8 Å². The first-order valence-electron chi connectivity index (χ1n) is 8.30. The number of rotatable bonds is 7. The molecule has 2 rings (SSSR count). The third-order valence-corrected chi connectivity index (χ3v) is 3.78. The lowest BCUT2D eigenvalue weighted by Gasteiger charge is -2.11. The molecule has 0 saturated heterocycles. The maximum absolute atomic E-state index is 12.1. The van der Waals surface area contributed by atoms with Gasteiger partial charge in [0.15, 0.2) is 6.61 Å². The number of carbonyl (C=O) groups is 2. The Morgan fingerprint density at radius 2 is 1.82 bits per heavy atom. The van der Waals surface area contributed by atoms with Crippen molar-refractivity contribution in [1.82, 2.24) is 10.3 Å². The lowest BCUT2D eigenvalue weighted by molar-refractivity contribution is -0.384. The van der Waals surface area contributed by atoms with Crippen molar-refractivity contribution in [3.8, 4) is 5.75 Å². The molecule has 146 valence electrons. The molecule has 0 saturated carbocycles. The van der Waals surface area contributed by atoms with Crippen LogP contribution in [0.15, 0.2) is 53.6 Å². The van der Waals surface area contributed by atoms with Gasteiger partial charge < -0.3 is 9.64 Å². The average Bonchev–Trinajstić information content (AvgIpc) is 2.70. The van der Waals surface area contributed by atoms with Crippen molar-refractivity contribution >= 4 is 23.2 Å². The summed E-state index contributed by atoms with van der Waals surface area (Å²) in [5.41, 5.74) is 3.62. The minimum Gasteiger partial charge on any atom is -0.484 e. The first-order chi connectivity index (χ1) is 13.3. The van der Waals surface area contributed by atoms with Gasteiger partial charge in [-0.3, -0.25) is 19.7 Å². The molecule has 0 aliphatic rings. The van der Waals surface area contributed by atoms with Crippen LogP contribution in [0.4, 0.5) is 5.69 Å². The Hall–Kier alpha value is -3.75. The maximum Gasteiger partial charge on any atom is 0.271 e. The number of nitro benzene ring substituents is 1. The zero-order valence-electron chi connectivity index (χ0n) is 15.7. The fourth-order valence-corrected chi connectivity index (χ4v) is 2.09. The van der Waals surface area contributed by atoms with Crippen molar-refractivity contribution in [2.24, 2.45) is 5.10 Å². The third kappa shape index (κ3) is 5.63. The van der Waals surface area contributed by atoms with Gasteiger partial charge in [-0.2, -0.15) is 5.10 Å². The van der Waals surface area contributed by atoms with E-state index in [-0.39, 0.29) is 23.8 Å². The summed E-state index contributed by atoms with van der Waals surface area (Å²) in [6.45, 7) is 1.65. The number of non-ortho nitro benzene ring substituents is 1. The smallest absolute Gasteiger partial charge is 0.271 e. The normalized spacial score (nSPS) is 10.9. The Kier molecular flexibility index (Phi) is 6.80. The number of hydrazone groups is 1. The molecule has 1 N–H and O–H groups in total. The third-order valence-electron chi connectivity index (χ3n) is 3.78. The summed E-state index contributed by atoms with van der Waals surface area (Å²) < 4.78 is 5.39. The van der Waals surface area contributed by atoms with E-state index in [0.29, 0.717) is 11.5 Å². The van der Waals surface area contributed by atoms with Crippen LogP contribution >= 0.6 is 0 Å². The van der Waals surface area contributed by atoms with Gasteiger partial charge in [-0.15, -0.1) is 0 Å². The highest BCUT2D eigenvalue weighted by Gasteiger charge is 2.11. The van der Waals surface area contributed by atoms with Gasteiger partial charge in [-0.1, -0.05) is 6.07 Å². The molecule has 0 bridgehead atoms. The Morgan fingerprint density at radius 1 is 1.14 bits per heavy atom. The summed E-state index contributed by atoms with van der Waals surface area (Å²) in [7, 11) is 3.30. The van der Waals surface area contributed by atoms with Crippen molar-refractivity contribution < 1.29 is 19.2 Å². The second-order valence-corrected chi connectivity index (χ2v) is 6.05. The Morgan fingerprint density at radius 3 is 2.43 bits per heavy atom. The standard InChI is InChI=1S/C19H20N4O5/c1-13(14-7-9-17(10-8-14)28-12-18(24)22(2)3)20-21-19(25)15-5-4-6-16(11-15)23(26)27/h4-11H,12H2,1-3H3,(H,21,25)/b20-13-. The van der Waals surface area contributed by atoms with Crippen molar-refractivity contribution in [2.75, 3.05) is 20.7 Å². The van der Waals surface area contributed by atoms with E-state index in [0.717, 1.165) is 5.56 Å². The molecule has 0 aromatic heterocycles. The van der Waals surface area contributed by atoms with Crippen LogP contribution in [0.2, 0.25) is 0 Å². The number of nitrogens with zero attached hydrogens (tertiary/aromatic N) is 3. The van der Waals surface area contributed by atoms with Crippen LogP contribution in [0.25, 0.3) is 0 Å². The first kappa shape index (κ1) is 20.6. The second-order valence-electron chi connectivity index (χ2n) is 6.05. The Balaban J connectivity index is 1.99. The van der Waals surface area contributed by atoms with Crippen LogP contribution in [0.1, 0.15) is 22.8 Å². The largest absolute Gasteiger partial charge is 0.484 e. The molecule has 0 spiro atoms. The van der Waals surface area contributed by atoms with E-state index in [4.69, 9.17) is 4.74 Å². The van der Waals surface area contributed by atoms with Crippen LogP contribution in [0, 0.1) is 10.1 Å². The number of likely N-dealkylation sites (N-methyl/N-ethyl adjacent to an activating group) is 1. The monoisotopic (exact) mass is 384 g/mol. The zero-order valence-corrected chi connectivity index (χ0v) is 15.7. The topological polar surface area (TPSA) is 114 Å². The minimum absolute atomic E-state index is 0.0569. The molecule has 2 aromatic carbocycles. The average molecular weight is 384 g/mol. The summed E-state index contributed by atoms with van der Waals surface area (Å²) in [4.78, 5) is 35.3. The van der Waals surface area contributed by atoms with E-state index in [1.54, 1.807) is 45.3 Å². The van der Waals surface area contributed by atoms with Gasteiger partial charge in [0, 0.05) is 31.8 Å². The lowest BCUT2D eigenvalue weighted by atomic mass is 10.1. The molecular formula is C19H20N4O5. The molecule has 0 fully saturated rings. The number of ether oxygens (including phenoxy) is 1. The summed E-state index contributed by atoms with van der Waals surface area (Å²) in [6.07, 6.45) is 0. The molecule has 2 aromatic rings. The molecule has 9 nitrogen and oxygen atoms in total. The number of carbonyl (C=O) groups excluding carboxylic acids is 2. The molecule has 0 aliphatic heterocycles. The first-order valence-corrected chi connectivity index (χ1v) is 8.30. The van der Waals surface area contributed by atoms with Crippen LogP contribution in [0.5, 0.6) is 5.75 Å². The lowest BCUT2D eigenvalue weighted by Crippen LogP contribution is -2.27. The molecule has 0 atom stereocenters. The summed E-state index contributed by atoms with van der Waals surface area (Å²) in [5.74, 6) is -0.164. The van der Waals surface area contributed by atoms with Gasteiger partial charge in [-0.25, -0.2) is 5.43 Å². The van der Waals surface area contributed by atoms with Gasteiger partial charge in [0.1, 0.15) is 5.75 Å². The summed E-state index contributed by atoms with van der Waals surface area (Å²) in [5, 5.41) is 14.8. The summed E-state index contributed by atoms with van der Waals surface area (Å²) in [6, 6.07) is 12.3. The number of amides is 2. The number of hydrogen-bond acceptors (Lipinski definition) is 6. The van der Waals surface area contributed by atoms with Gasteiger partial charge >= 0.3 is 0 Å². The van der Waals surface area contributed by atoms with Crippen LogP contribution in [0.3, 0.4) is 0 Å². The number of benzene rings is 2. The van der Waals surface area contributed by atoms with Crippen LogP contribution in [-0.4, -0.2) is 48.1 Å². The van der Waals surface area contributed by atoms with Crippen molar-refractivity contribution in [2.45, 2.75) is 6.92 Å². The van der Waals surface area contributed by atoms with E-state index < -0.39 is 10.8 Å². The predicted octanol–water partition coefficient (Wildman–Crippen LogP) is 2.22. The molecule has 9 heteroatoms. The van der Waals surface area contributed by atoms with Gasteiger partial charge in [0.05, 0.1) is 10.6 Å². The van der Waals surface area contributed by atoms with Gasteiger partial charge in [0.25, 0.3) is 17.5 Å². The second kappa shape index (κ2) is 9.26. The zero-order chi connectivity index (χ0) is 20.7. The molecule has 0 unspecified atom stereocenters. The SMILES string of the molecule is C/C(=N/NC(=O)c1cccc([N+](=O)[O-])c1)c1ccc(OCC(=O)N(C)C)cc1. The highest BCUT2D eigenvalue weighted by molar-refractivity contribution is 6.01. The predicted molar refractivity (Wildman–Crippen MR) is 103 cm³/mol. The van der Waals surface area contributed by atoms with Gasteiger partial charge in [0.2, 0.25) is 0 Å². The highest BCUT2D eigenvalue weighted by Crippen LogP contribution is 2.14. The van der Waals surface area contributed by atoms with Crippen LogP contribution in [-0.2, 0) is 4.79 Å². The van der Waals surface area contributed by atoms with Crippen molar-refractivity contribution in [3.63, 3.8) is 0 Å². The van der Waals surface area contributed by atoms with E-state index in [2.05, 4.69) is 10.5 Å². The number of nitrogens with one attached hydrogen (secondary N) is 1. The fraction of sp³-hybridized carbons (Fsp3) is 0.211.